The van der Waals surface area contributed by atoms with Gasteiger partial charge in [-0.1, -0.05) is 0 Å². The molecular weight excluding hydrogens is 317 g/mol. The summed E-state index contributed by atoms with van der Waals surface area (Å²) >= 11 is 0. The van der Waals surface area contributed by atoms with Gasteiger partial charge in [-0.3, -0.25) is 4.79 Å². The van der Waals surface area contributed by atoms with Crippen LogP contribution in [0.25, 0.3) is 0 Å². The van der Waals surface area contributed by atoms with Crippen molar-refractivity contribution in [2.24, 2.45) is 0 Å². The lowest BCUT2D eigenvalue weighted by molar-refractivity contribution is -0.136. The molecule has 0 aromatic heterocycles. The van der Waals surface area contributed by atoms with Gasteiger partial charge in [0.15, 0.2) is 17.5 Å². The van der Waals surface area contributed by atoms with Gasteiger partial charge in [0, 0.05) is 6.54 Å². The molecule has 0 aliphatic carbocycles. The van der Waals surface area contributed by atoms with E-state index < -0.39 is 35.0 Å². The molecule has 1 aliphatic rings. The molecule has 0 fully saturated rings. The summed E-state index contributed by atoms with van der Waals surface area (Å²) in [6.45, 7) is -0.544. The lowest BCUT2D eigenvalue weighted by atomic mass is 10.2. The highest BCUT2D eigenvalue weighted by Crippen LogP contribution is 2.26. The molecule has 0 saturated carbocycles. The summed E-state index contributed by atoms with van der Waals surface area (Å²) in [5, 5.41) is 11.2. The maximum Gasteiger partial charge on any atom is 0.337 e. The van der Waals surface area contributed by atoms with Gasteiger partial charge in [0.1, 0.15) is 5.70 Å². The average molecular weight is 330 g/mol. The van der Waals surface area contributed by atoms with Crippen molar-refractivity contribution in [3.63, 3.8) is 0 Å². The van der Waals surface area contributed by atoms with Crippen molar-refractivity contribution in [2.75, 3.05) is 32.1 Å². The van der Waals surface area contributed by atoms with E-state index in [1.54, 1.807) is 0 Å². The summed E-state index contributed by atoms with van der Waals surface area (Å²) in [4.78, 5) is 25.0. The molecule has 0 radical (unpaired) electrons. The zero-order chi connectivity index (χ0) is 17.1. The van der Waals surface area contributed by atoms with E-state index in [-0.39, 0.29) is 31.0 Å². The Morgan fingerprint density at radius 1 is 1.35 bits per heavy atom. The second kappa shape index (κ2) is 6.69. The first-order valence-corrected chi connectivity index (χ1v) is 6.52. The van der Waals surface area contributed by atoms with E-state index in [2.05, 4.69) is 10.1 Å². The number of carbonyl (C=O) groups excluding carboxylic acids is 2. The summed E-state index contributed by atoms with van der Waals surface area (Å²) in [6.07, 6.45) is 0. The van der Waals surface area contributed by atoms with Crippen LogP contribution in [0.3, 0.4) is 0 Å². The third kappa shape index (κ3) is 3.14. The van der Waals surface area contributed by atoms with E-state index in [0.717, 1.165) is 18.1 Å². The molecule has 0 unspecified atom stereocenters. The molecule has 0 atom stereocenters. The summed E-state index contributed by atoms with van der Waals surface area (Å²) in [5.41, 5.74) is -0.912. The second-order valence-corrected chi connectivity index (χ2v) is 4.64. The van der Waals surface area contributed by atoms with Gasteiger partial charge in [-0.2, -0.15) is 0 Å². The quantitative estimate of drug-likeness (QED) is 0.616. The van der Waals surface area contributed by atoms with Crippen LogP contribution in [0.4, 0.5) is 18.9 Å². The minimum Gasteiger partial charge on any atom is -0.466 e. The number of aliphatic hydroxyl groups is 1. The number of ether oxygens (including phenoxy) is 1. The maximum atomic E-state index is 13.7. The predicted octanol–water partition coefficient (Wildman–Crippen LogP) is 0.777. The van der Waals surface area contributed by atoms with Crippen molar-refractivity contribution < 1.29 is 32.6 Å². The van der Waals surface area contributed by atoms with Crippen molar-refractivity contribution >= 4 is 17.6 Å². The normalized spacial score (nSPS) is 14.5. The molecule has 0 saturated heterocycles. The van der Waals surface area contributed by atoms with Crippen molar-refractivity contribution in [3.05, 3.63) is 40.9 Å². The fourth-order valence-electron chi connectivity index (χ4n) is 2.11. The van der Waals surface area contributed by atoms with Crippen LogP contribution in [0.1, 0.15) is 0 Å². The summed E-state index contributed by atoms with van der Waals surface area (Å²) < 4.78 is 44.5. The van der Waals surface area contributed by atoms with E-state index in [0.29, 0.717) is 6.07 Å². The second-order valence-electron chi connectivity index (χ2n) is 4.64. The molecule has 23 heavy (non-hydrogen) atoms. The minimum atomic E-state index is -1.70. The number of aliphatic hydroxyl groups excluding tert-OH is 1. The highest BCUT2D eigenvalue weighted by molar-refractivity contribution is 6.08. The molecule has 0 bridgehead atoms. The van der Waals surface area contributed by atoms with E-state index >= 15 is 0 Å². The monoisotopic (exact) mass is 330 g/mol. The fraction of sp³-hybridized carbons (Fsp3) is 0.286. The number of rotatable bonds is 5. The van der Waals surface area contributed by atoms with Gasteiger partial charge >= 0.3 is 5.97 Å². The molecule has 1 aromatic carbocycles. The molecule has 9 heteroatoms. The van der Waals surface area contributed by atoms with Crippen LogP contribution in [0.15, 0.2) is 23.4 Å². The number of amides is 1. The number of halogens is 3. The lowest BCUT2D eigenvalue weighted by Gasteiger charge is -2.15. The third-order valence-electron chi connectivity index (χ3n) is 3.25. The number of nitrogens with zero attached hydrogens (tertiary/aromatic N) is 1. The van der Waals surface area contributed by atoms with Gasteiger partial charge in [0.05, 0.1) is 31.5 Å². The van der Waals surface area contributed by atoms with Crippen LogP contribution >= 0.6 is 0 Å². The molecule has 1 aliphatic heterocycles. The van der Waals surface area contributed by atoms with Crippen LogP contribution in [0.5, 0.6) is 0 Å². The molecule has 2 N–H and O–H groups in total. The van der Waals surface area contributed by atoms with Crippen molar-refractivity contribution in [3.8, 4) is 0 Å². The number of methoxy groups -OCH3 is 1. The van der Waals surface area contributed by atoms with E-state index in [4.69, 9.17) is 5.11 Å². The van der Waals surface area contributed by atoms with Gasteiger partial charge in [-0.05, 0) is 12.1 Å². The smallest absolute Gasteiger partial charge is 0.337 e. The highest BCUT2D eigenvalue weighted by Gasteiger charge is 2.35. The molecule has 124 valence electrons. The Kier molecular flexibility index (Phi) is 4.89. The largest absolute Gasteiger partial charge is 0.466 e. The summed E-state index contributed by atoms with van der Waals surface area (Å²) in [6, 6.07) is 1.58. The van der Waals surface area contributed by atoms with Gasteiger partial charge < -0.3 is 20.1 Å². The number of hydrogen-bond donors (Lipinski definition) is 2. The van der Waals surface area contributed by atoms with Crippen LogP contribution < -0.4 is 5.32 Å². The number of hydrogen-bond acceptors (Lipinski definition) is 5. The first-order chi connectivity index (χ1) is 10.9. The Morgan fingerprint density at radius 3 is 2.65 bits per heavy atom. The molecule has 2 rings (SSSR count). The molecule has 1 aromatic rings. The minimum absolute atomic E-state index is 0.0508. The predicted molar refractivity (Wildman–Crippen MR) is 72.6 cm³/mol. The molecule has 1 amide bonds. The van der Waals surface area contributed by atoms with E-state index in [1.165, 1.54) is 0 Å². The summed E-state index contributed by atoms with van der Waals surface area (Å²) in [5.74, 6) is -6.12. The first kappa shape index (κ1) is 16.8. The van der Waals surface area contributed by atoms with E-state index in [9.17, 15) is 22.8 Å². The fourth-order valence-corrected chi connectivity index (χ4v) is 2.11. The molecule has 6 nitrogen and oxygen atoms in total. The number of carbonyl (C=O) groups is 2. The summed E-state index contributed by atoms with van der Waals surface area (Å²) in [7, 11) is 1.10. The Hall–Kier alpha value is -2.55. The van der Waals surface area contributed by atoms with Crippen molar-refractivity contribution in [1.82, 2.24) is 4.90 Å². The number of anilines is 1. The zero-order valence-electron chi connectivity index (χ0n) is 12.0. The Balaban J connectivity index is 2.39. The molecule has 1 heterocycles. The highest BCUT2D eigenvalue weighted by atomic mass is 19.2. The van der Waals surface area contributed by atoms with Gasteiger partial charge in [0.25, 0.3) is 5.91 Å². The standard InChI is InChI=1S/C14H13F3N2O4/c1-23-14(22)7-6-19(4-5-20)13(21)12(7)18-9-3-2-8(15)10(16)11(9)17/h2-3,18,20H,4-6H2,1H3. The average Bonchev–Trinajstić information content (AvgIpc) is 2.84. The number of benzene rings is 1. The zero-order valence-corrected chi connectivity index (χ0v) is 12.0. The third-order valence-corrected chi connectivity index (χ3v) is 3.25. The SMILES string of the molecule is COC(=O)C1=C(Nc2ccc(F)c(F)c2F)C(=O)N(CCO)C1. The molecule has 0 spiro atoms. The molecular formula is C14H13F3N2O4. The van der Waals surface area contributed by atoms with E-state index in [1.807, 2.05) is 0 Å². The van der Waals surface area contributed by atoms with Crippen molar-refractivity contribution in [1.29, 1.82) is 0 Å². The lowest BCUT2D eigenvalue weighted by Crippen LogP contribution is -2.31. The van der Waals surface area contributed by atoms with Crippen LogP contribution in [-0.4, -0.2) is 48.7 Å². The number of nitrogens with one attached hydrogen (secondary N) is 1. The van der Waals surface area contributed by atoms with Crippen LogP contribution in [0.2, 0.25) is 0 Å². The van der Waals surface area contributed by atoms with Gasteiger partial charge in [0.2, 0.25) is 0 Å². The van der Waals surface area contributed by atoms with Gasteiger partial charge in [-0.15, -0.1) is 0 Å². The van der Waals surface area contributed by atoms with Crippen LogP contribution in [-0.2, 0) is 14.3 Å². The topological polar surface area (TPSA) is 78.9 Å². The Labute approximate surface area is 129 Å². The van der Waals surface area contributed by atoms with Crippen molar-refractivity contribution in [2.45, 2.75) is 0 Å². The Morgan fingerprint density at radius 2 is 2.04 bits per heavy atom. The number of esters is 1. The van der Waals surface area contributed by atoms with Gasteiger partial charge in [-0.25, -0.2) is 18.0 Å². The van der Waals surface area contributed by atoms with Crippen LogP contribution in [0, 0.1) is 17.5 Å². The maximum absolute atomic E-state index is 13.7. The Bertz CT molecular complexity index is 691. The first-order valence-electron chi connectivity index (χ1n) is 6.52. The number of β-amino-alcohol motifs (C(OH)–C–C–N with tert-alkyl or cyclic N) is 1.